The molecule has 1 aromatic heterocycles. The first-order chi connectivity index (χ1) is 18.2. The molecule has 0 bridgehead atoms. The molecule has 0 N–H and O–H groups in total. The first kappa shape index (κ1) is 28.3. The number of nitrogens with zero attached hydrogens (tertiary/aromatic N) is 4. The van der Waals surface area contributed by atoms with Crippen LogP contribution >= 0.6 is 11.3 Å². The second-order valence-electron chi connectivity index (χ2n) is 9.50. The number of rotatable bonds is 12. The Kier molecular flexibility index (Phi) is 9.24. The van der Waals surface area contributed by atoms with Gasteiger partial charge in [0.25, 0.3) is 5.91 Å². The van der Waals surface area contributed by atoms with Gasteiger partial charge in [-0.25, -0.2) is 13.4 Å². The summed E-state index contributed by atoms with van der Waals surface area (Å²) < 4.78 is 40.1. The fourth-order valence-electron chi connectivity index (χ4n) is 4.32. The van der Waals surface area contributed by atoms with E-state index in [1.807, 2.05) is 40.1 Å². The van der Waals surface area contributed by atoms with Gasteiger partial charge in [0.2, 0.25) is 10.0 Å². The van der Waals surface area contributed by atoms with Crippen LogP contribution in [0.2, 0.25) is 0 Å². The van der Waals surface area contributed by atoms with Gasteiger partial charge in [0.05, 0.1) is 15.1 Å². The number of hydrogen-bond donors (Lipinski definition) is 0. The van der Waals surface area contributed by atoms with E-state index < -0.39 is 10.0 Å². The smallest absolute Gasteiger partial charge is 0.260 e. The maximum atomic E-state index is 13.7. The van der Waals surface area contributed by atoms with Crippen molar-refractivity contribution >= 4 is 42.6 Å². The molecule has 0 saturated heterocycles. The van der Waals surface area contributed by atoms with Crippen molar-refractivity contribution in [3.63, 3.8) is 0 Å². The van der Waals surface area contributed by atoms with Crippen molar-refractivity contribution in [2.24, 2.45) is 0 Å². The van der Waals surface area contributed by atoms with Gasteiger partial charge >= 0.3 is 0 Å². The van der Waals surface area contributed by atoms with Crippen LogP contribution in [0, 0.1) is 0 Å². The van der Waals surface area contributed by atoms with E-state index in [0.29, 0.717) is 55.0 Å². The summed E-state index contributed by atoms with van der Waals surface area (Å²) in [6.45, 7) is 7.13. The van der Waals surface area contributed by atoms with E-state index in [4.69, 9.17) is 14.5 Å². The number of fused-ring (bicyclic) bond motifs is 2. The van der Waals surface area contributed by atoms with Crippen LogP contribution in [0.3, 0.4) is 0 Å². The van der Waals surface area contributed by atoms with E-state index in [1.165, 1.54) is 27.8 Å². The highest BCUT2D eigenvalue weighted by Gasteiger charge is 2.26. The lowest BCUT2D eigenvalue weighted by atomic mass is 10.2. The summed E-state index contributed by atoms with van der Waals surface area (Å²) in [5.74, 6) is 1.12. The van der Waals surface area contributed by atoms with Gasteiger partial charge in [-0.2, -0.15) is 4.31 Å². The van der Waals surface area contributed by atoms with Crippen LogP contribution in [-0.4, -0.2) is 82.0 Å². The Bertz CT molecular complexity index is 1310. The predicted molar refractivity (Wildman–Crippen MR) is 151 cm³/mol. The zero-order valence-corrected chi connectivity index (χ0v) is 24.1. The SMILES string of the molecule is CCCN(CCC)S(=O)(=O)c1ccc(C(=O)N(CCCN(C)C)c2nc3cc4c(cc3s2)OCCO4)cc1. The lowest BCUT2D eigenvalue weighted by molar-refractivity contribution is 0.0986. The summed E-state index contributed by atoms with van der Waals surface area (Å²) in [5.41, 5.74) is 1.16. The normalized spacial score (nSPS) is 13.4. The van der Waals surface area contributed by atoms with Gasteiger partial charge in [0.1, 0.15) is 13.2 Å². The van der Waals surface area contributed by atoms with Gasteiger partial charge in [-0.3, -0.25) is 9.69 Å². The summed E-state index contributed by atoms with van der Waals surface area (Å²) in [6.07, 6.45) is 2.23. The Morgan fingerprint density at radius 2 is 1.58 bits per heavy atom. The van der Waals surface area contributed by atoms with Gasteiger partial charge in [0.15, 0.2) is 16.6 Å². The van der Waals surface area contributed by atoms with Gasteiger partial charge in [-0.15, -0.1) is 0 Å². The lowest BCUT2D eigenvalue weighted by Crippen LogP contribution is -2.34. The van der Waals surface area contributed by atoms with Crippen LogP contribution in [0.4, 0.5) is 5.13 Å². The molecule has 0 atom stereocenters. The monoisotopic (exact) mass is 560 g/mol. The Balaban J connectivity index is 1.63. The number of aromatic nitrogens is 1. The third kappa shape index (κ3) is 6.28. The van der Waals surface area contributed by atoms with Crippen LogP contribution in [0.5, 0.6) is 11.5 Å². The second kappa shape index (κ2) is 12.4. The first-order valence-electron chi connectivity index (χ1n) is 13.0. The summed E-state index contributed by atoms with van der Waals surface area (Å²) in [7, 11) is 0.367. The van der Waals surface area contributed by atoms with E-state index >= 15 is 0 Å². The highest BCUT2D eigenvalue weighted by Crippen LogP contribution is 2.39. The molecule has 0 unspecified atom stereocenters. The van der Waals surface area contributed by atoms with E-state index in [9.17, 15) is 13.2 Å². The number of hydrogen-bond acceptors (Lipinski definition) is 8. The Morgan fingerprint density at radius 1 is 0.947 bits per heavy atom. The quantitative estimate of drug-likeness (QED) is 0.323. The van der Waals surface area contributed by atoms with Crippen molar-refractivity contribution in [3.05, 3.63) is 42.0 Å². The first-order valence-corrected chi connectivity index (χ1v) is 15.3. The number of anilines is 1. The van der Waals surface area contributed by atoms with Gasteiger partial charge in [0, 0.05) is 37.3 Å². The zero-order chi connectivity index (χ0) is 27.3. The molecule has 9 nitrogen and oxygen atoms in total. The highest BCUT2D eigenvalue weighted by atomic mass is 32.2. The number of thiazole rings is 1. The number of carbonyl (C=O) groups excluding carboxylic acids is 1. The molecule has 0 fully saturated rings. The summed E-state index contributed by atoms with van der Waals surface area (Å²) >= 11 is 1.42. The van der Waals surface area contributed by atoms with Crippen molar-refractivity contribution in [1.29, 1.82) is 0 Å². The van der Waals surface area contributed by atoms with Crippen LogP contribution in [-0.2, 0) is 10.0 Å². The van der Waals surface area contributed by atoms with Crippen LogP contribution in [0.25, 0.3) is 10.2 Å². The Morgan fingerprint density at radius 3 is 2.18 bits per heavy atom. The van der Waals surface area contributed by atoms with Gasteiger partial charge in [-0.05, 0) is 64.2 Å². The molecule has 1 aliphatic heterocycles. The van der Waals surface area contributed by atoms with Gasteiger partial charge < -0.3 is 14.4 Å². The molecule has 0 aliphatic carbocycles. The van der Waals surface area contributed by atoms with Crippen molar-refractivity contribution in [1.82, 2.24) is 14.2 Å². The molecular weight excluding hydrogens is 524 g/mol. The van der Waals surface area contributed by atoms with Crippen molar-refractivity contribution in [3.8, 4) is 11.5 Å². The molecule has 206 valence electrons. The minimum Gasteiger partial charge on any atom is -0.486 e. The van der Waals surface area contributed by atoms with Crippen molar-refractivity contribution in [2.45, 2.75) is 38.0 Å². The number of carbonyl (C=O) groups is 1. The average molecular weight is 561 g/mol. The molecule has 0 spiro atoms. The molecule has 2 aromatic carbocycles. The Hall–Kier alpha value is -2.73. The fourth-order valence-corrected chi connectivity index (χ4v) is 6.95. The molecule has 4 rings (SSSR count). The third-order valence-electron chi connectivity index (χ3n) is 6.19. The summed E-state index contributed by atoms with van der Waals surface area (Å²) in [5, 5.41) is 0.583. The van der Waals surface area contributed by atoms with E-state index in [2.05, 4.69) is 4.90 Å². The lowest BCUT2D eigenvalue weighted by Gasteiger charge is -2.22. The Labute approximate surface area is 229 Å². The summed E-state index contributed by atoms with van der Waals surface area (Å²) in [6, 6.07) is 10.0. The van der Waals surface area contributed by atoms with E-state index in [1.54, 1.807) is 17.0 Å². The molecule has 3 aromatic rings. The molecule has 2 heterocycles. The van der Waals surface area contributed by atoms with Crippen LogP contribution < -0.4 is 14.4 Å². The minimum atomic E-state index is -3.62. The molecule has 38 heavy (non-hydrogen) atoms. The number of ether oxygens (including phenoxy) is 2. The largest absolute Gasteiger partial charge is 0.486 e. The average Bonchev–Trinajstić information content (AvgIpc) is 3.31. The third-order valence-corrected chi connectivity index (χ3v) is 9.14. The number of sulfonamides is 1. The molecule has 1 aliphatic rings. The number of benzene rings is 2. The molecule has 11 heteroatoms. The summed E-state index contributed by atoms with van der Waals surface area (Å²) in [4.78, 5) is 22.4. The molecule has 0 radical (unpaired) electrons. The standard InChI is InChI=1S/C27H36N4O5S2/c1-5-12-30(13-6-2)38(33,34)21-10-8-20(9-11-21)26(32)31(15-7-14-29(3)4)27-28-22-18-23-24(19-25(22)37-27)36-17-16-35-23/h8-11,18-19H,5-7,12-17H2,1-4H3. The van der Waals surface area contributed by atoms with E-state index in [-0.39, 0.29) is 10.8 Å². The van der Waals surface area contributed by atoms with Crippen LogP contribution in [0.1, 0.15) is 43.5 Å². The zero-order valence-electron chi connectivity index (χ0n) is 22.5. The molecular formula is C27H36N4O5S2. The molecule has 1 amide bonds. The fraction of sp³-hybridized carbons (Fsp3) is 0.481. The maximum Gasteiger partial charge on any atom is 0.260 e. The predicted octanol–water partition coefficient (Wildman–Crippen LogP) is 4.48. The topological polar surface area (TPSA) is 92.3 Å². The van der Waals surface area contributed by atoms with Gasteiger partial charge in [-0.1, -0.05) is 25.2 Å². The van der Waals surface area contributed by atoms with Crippen molar-refractivity contribution in [2.75, 3.05) is 58.4 Å². The minimum absolute atomic E-state index is 0.195. The van der Waals surface area contributed by atoms with Crippen molar-refractivity contribution < 1.29 is 22.7 Å². The van der Waals surface area contributed by atoms with Crippen LogP contribution in [0.15, 0.2) is 41.3 Å². The second-order valence-corrected chi connectivity index (χ2v) is 12.4. The van der Waals surface area contributed by atoms with E-state index in [0.717, 1.165) is 36.0 Å². The molecule has 0 saturated carbocycles. The number of amides is 1. The highest BCUT2D eigenvalue weighted by molar-refractivity contribution is 7.89. The maximum absolute atomic E-state index is 13.7.